The Hall–Kier alpha value is -2.86. The lowest BCUT2D eigenvalue weighted by Gasteiger charge is -2.28. The van der Waals surface area contributed by atoms with Crippen LogP contribution in [0.15, 0.2) is 48.5 Å². The van der Waals surface area contributed by atoms with E-state index in [0.717, 1.165) is 36.4 Å². The van der Waals surface area contributed by atoms with Gasteiger partial charge in [-0.25, -0.2) is 0 Å². The topological polar surface area (TPSA) is 64.7 Å². The van der Waals surface area contributed by atoms with E-state index in [4.69, 9.17) is 0 Å². The van der Waals surface area contributed by atoms with Gasteiger partial charge in [-0.05, 0) is 75.0 Å². The summed E-state index contributed by atoms with van der Waals surface area (Å²) >= 11 is 0. The highest BCUT2D eigenvalue weighted by Gasteiger charge is 2.15. The third-order valence-electron chi connectivity index (χ3n) is 5.57. The highest BCUT2D eigenvalue weighted by molar-refractivity contribution is 5.95. The fourth-order valence-corrected chi connectivity index (χ4v) is 3.95. The van der Waals surface area contributed by atoms with E-state index in [1.54, 1.807) is 0 Å². The van der Waals surface area contributed by atoms with Gasteiger partial charge in [0.25, 0.3) is 0 Å². The van der Waals surface area contributed by atoms with Crippen LogP contribution in [0.5, 0.6) is 0 Å². The Bertz CT molecular complexity index is 860. The average Bonchev–Trinajstić information content (AvgIpc) is 2.76. The van der Waals surface area contributed by atoms with Gasteiger partial charge in [-0.3, -0.25) is 14.5 Å². The summed E-state index contributed by atoms with van der Waals surface area (Å²) < 4.78 is 0. The summed E-state index contributed by atoms with van der Waals surface area (Å²) in [6.07, 6.45) is 4.66. The molecule has 0 aliphatic carbocycles. The third-order valence-corrected chi connectivity index (χ3v) is 5.57. The number of aryl methyl sites for hydroxylation is 1. The summed E-state index contributed by atoms with van der Waals surface area (Å²) in [6.45, 7) is 7.26. The van der Waals surface area contributed by atoms with Crippen molar-refractivity contribution in [2.24, 2.45) is 0 Å². The zero-order valence-corrected chi connectivity index (χ0v) is 18.7. The van der Waals surface area contributed by atoms with Crippen LogP contribution in [0.1, 0.15) is 38.2 Å². The lowest BCUT2D eigenvalue weighted by molar-refractivity contribution is -0.120. The van der Waals surface area contributed by atoms with Crippen molar-refractivity contribution >= 4 is 28.9 Å². The third kappa shape index (κ3) is 7.10. The Morgan fingerprint density at radius 3 is 2.19 bits per heavy atom. The number of para-hydroxylation sites is 1. The van der Waals surface area contributed by atoms with Crippen LogP contribution in [-0.2, 0) is 9.59 Å². The first-order chi connectivity index (χ1) is 15.0. The van der Waals surface area contributed by atoms with E-state index in [1.807, 2.05) is 55.1 Å². The monoisotopic (exact) mass is 422 g/mol. The first kappa shape index (κ1) is 22.8. The minimum absolute atomic E-state index is 0.108. The molecule has 1 heterocycles. The number of carbonyl (C=O) groups is 2. The van der Waals surface area contributed by atoms with E-state index < -0.39 is 0 Å². The molecule has 0 atom stereocenters. The van der Waals surface area contributed by atoms with E-state index >= 15 is 0 Å². The van der Waals surface area contributed by atoms with E-state index in [0.29, 0.717) is 6.54 Å². The number of hydrogen-bond acceptors (Lipinski definition) is 4. The maximum Gasteiger partial charge on any atom is 0.238 e. The van der Waals surface area contributed by atoms with Gasteiger partial charge >= 0.3 is 0 Å². The molecule has 3 rings (SSSR count). The molecule has 2 amide bonds. The van der Waals surface area contributed by atoms with Gasteiger partial charge in [-0.2, -0.15) is 0 Å². The molecule has 2 aromatic carbocycles. The quantitative estimate of drug-likeness (QED) is 0.633. The second-order valence-electron chi connectivity index (χ2n) is 8.22. The standard InChI is InChI=1S/C25H34N4O2/c1-3-15-28(19-25(31)27-23-10-6-5-9-20(23)2)18-24(30)26-21-11-13-22(14-12-21)29-16-7-4-8-17-29/h5-6,9-14H,3-4,7-8,15-19H2,1-2H3,(H,26,30)(H,27,31). The first-order valence-electron chi connectivity index (χ1n) is 11.3. The van der Waals surface area contributed by atoms with E-state index in [-0.39, 0.29) is 24.9 Å². The van der Waals surface area contributed by atoms with Crippen LogP contribution >= 0.6 is 0 Å². The van der Waals surface area contributed by atoms with Gasteiger partial charge in [0.2, 0.25) is 11.8 Å². The summed E-state index contributed by atoms with van der Waals surface area (Å²) in [6, 6.07) is 15.7. The number of anilines is 3. The number of amides is 2. The van der Waals surface area contributed by atoms with Gasteiger partial charge in [-0.1, -0.05) is 25.1 Å². The molecule has 1 aliphatic heterocycles. The molecule has 31 heavy (non-hydrogen) atoms. The predicted octanol–water partition coefficient (Wildman–Crippen LogP) is 4.27. The van der Waals surface area contributed by atoms with Crippen molar-refractivity contribution in [1.82, 2.24) is 4.90 Å². The number of nitrogens with zero attached hydrogens (tertiary/aromatic N) is 2. The smallest absolute Gasteiger partial charge is 0.238 e. The van der Waals surface area contributed by atoms with Crippen molar-refractivity contribution in [1.29, 1.82) is 0 Å². The predicted molar refractivity (Wildman–Crippen MR) is 128 cm³/mol. The average molecular weight is 423 g/mol. The molecule has 0 unspecified atom stereocenters. The second-order valence-corrected chi connectivity index (χ2v) is 8.22. The van der Waals surface area contributed by atoms with E-state index in [2.05, 4.69) is 27.7 Å². The molecule has 6 nitrogen and oxygen atoms in total. The number of nitrogens with one attached hydrogen (secondary N) is 2. The van der Waals surface area contributed by atoms with Crippen molar-refractivity contribution in [2.75, 3.05) is 48.3 Å². The highest BCUT2D eigenvalue weighted by atomic mass is 16.2. The van der Waals surface area contributed by atoms with Gasteiger partial charge in [-0.15, -0.1) is 0 Å². The lowest BCUT2D eigenvalue weighted by Crippen LogP contribution is -2.39. The largest absolute Gasteiger partial charge is 0.372 e. The van der Waals surface area contributed by atoms with Crippen LogP contribution in [0.25, 0.3) is 0 Å². The number of benzene rings is 2. The van der Waals surface area contributed by atoms with Crippen LogP contribution in [0, 0.1) is 6.92 Å². The molecular formula is C25H34N4O2. The lowest BCUT2D eigenvalue weighted by atomic mass is 10.1. The first-order valence-corrected chi connectivity index (χ1v) is 11.3. The molecule has 166 valence electrons. The minimum atomic E-state index is -0.110. The van der Waals surface area contributed by atoms with Crippen molar-refractivity contribution in [2.45, 2.75) is 39.5 Å². The SMILES string of the molecule is CCCN(CC(=O)Nc1ccc(N2CCCCC2)cc1)CC(=O)Nc1ccccc1C. The van der Waals surface area contributed by atoms with Gasteiger partial charge in [0, 0.05) is 30.2 Å². The summed E-state index contributed by atoms with van der Waals surface area (Å²) in [7, 11) is 0. The van der Waals surface area contributed by atoms with Crippen molar-refractivity contribution < 1.29 is 9.59 Å². The second kappa shape index (κ2) is 11.5. The van der Waals surface area contributed by atoms with Gasteiger partial charge in [0.1, 0.15) is 0 Å². The molecule has 1 fully saturated rings. The Morgan fingerprint density at radius 1 is 0.903 bits per heavy atom. The van der Waals surface area contributed by atoms with Gasteiger partial charge in [0.15, 0.2) is 0 Å². The zero-order valence-electron chi connectivity index (χ0n) is 18.7. The Morgan fingerprint density at radius 2 is 1.55 bits per heavy atom. The van der Waals surface area contributed by atoms with Crippen LogP contribution in [-0.4, -0.2) is 49.4 Å². The fourth-order valence-electron chi connectivity index (χ4n) is 3.95. The molecule has 1 aliphatic rings. The molecule has 0 spiro atoms. The molecule has 0 aromatic heterocycles. The van der Waals surface area contributed by atoms with Crippen LogP contribution in [0.3, 0.4) is 0 Å². The molecule has 2 N–H and O–H groups in total. The Balaban J connectivity index is 1.51. The van der Waals surface area contributed by atoms with Crippen molar-refractivity contribution in [3.63, 3.8) is 0 Å². The molecule has 2 aromatic rings. The summed E-state index contributed by atoms with van der Waals surface area (Å²) in [5, 5.41) is 5.90. The zero-order chi connectivity index (χ0) is 22.1. The van der Waals surface area contributed by atoms with E-state index in [1.165, 1.54) is 24.9 Å². The van der Waals surface area contributed by atoms with Crippen molar-refractivity contribution in [3.8, 4) is 0 Å². The maximum absolute atomic E-state index is 12.6. The Labute approximate surface area is 185 Å². The van der Waals surface area contributed by atoms with Crippen LogP contribution in [0.4, 0.5) is 17.1 Å². The number of rotatable bonds is 9. The summed E-state index contributed by atoms with van der Waals surface area (Å²) in [4.78, 5) is 29.3. The minimum Gasteiger partial charge on any atom is -0.372 e. The fraction of sp³-hybridized carbons (Fsp3) is 0.440. The summed E-state index contributed by atoms with van der Waals surface area (Å²) in [5.41, 5.74) is 3.82. The molecule has 0 saturated carbocycles. The van der Waals surface area contributed by atoms with Gasteiger partial charge < -0.3 is 15.5 Å². The molecular weight excluding hydrogens is 388 g/mol. The Kier molecular flexibility index (Phi) is 8.47. The number of piperidine rings is 1. The maximum atomic E-state index is 12.6. The molecule has 0 radical (unpaired) electrons. The van der Waals surface area contributed by atoms with Crippen molar-refractivity contribution in [3.05, 3.63) is 54.1 Å². The number of hydrogen-bond donors (Lipinski definition) is 2. The highest BCUT2D eigenvalue weighted by Crippen LogP contribution is 2.21. The normalized spacial score (nSPS) is 13.8. The van der Waals surface area contributed by atoms with Gasteiger partial charge in [0.05, 0.1) is 13.1 Å². The molecule has 1 saturated heterocycles. The number of carbonyl (C=O) groups excluding carboxylic acids is 2. The van der Waals surface area contributed by atoms with E-state index in [9.17, 15) is 9.59 Å². The molecule has 0 bridgehead atoms. The molecule has 6 heteroatoms. The summed E-state index contributed by atoms with van der Waals surface area (Å²) in [5.74, 6) is -0.218. The van der Waals surface area contributed by atoms with Crippen LogP contribution in [0.2, 0.25) is 0 Å². The van der Waals surface area contributed by atoms with Crippen LogP contribution < -0.4 is 15.5 Å².